The number of nitrogens with one attached hydrogen (secondary N) is 1. The van der Waals surface area contributed by atoms with E-state index >= 15 is 0 Å². The maximum atomic E-state index is 11.5. The van der Waals surface area contributed by atoms with Crippen molar-refractivity contribution in [2.24, 2.45) is 0 Å². The molecule has 1 amide bonds. The van der Waals surface area contributed by atoms with E-state index < -0.39 is 26.6 Å². The van der Waals surface area contributed by atoms with Gasteiger partial charge < -0.3 is 15.2 Å². The second-order valence-electron chi connectivity index (χ2n) is 4.43. The first-order valence-electron chi connectivity index (χ1n) is 5.28. The Morgan fingerprint density at radius 3 is 2.47 bits per heavy atom. The van der Waals surface area contributed by atoms with Crippen molar-refractivity contribution in [3.05, 3.63) is 0 Å². The number of aliphatic hydroxyl groups is 1. The number of carbonyl (C=O) groups is 1. The molecule has 6 nitrogen and oxygen atoms in total. The monoisotopic (exact) mass is 267 g/mol. The molecule has 0 aliphatic heterocycles. The second kappa shape index (κ2) is 6.32. The number of carbonyl (C=O) groups excluding carboxylic acids is 1. The normalized spacial score (nSPS) is 17.2. The summed E-state index contributed by atoms with van der Waals surface area (Å²) in [6.45, 7) is 3.23. The highest BCUT2D eigenvalue weighted by molar-refractivity contribution is 7.92. The maximum Gasteiger partial charge on any atom is 0.238 e. The number of hydrogen-bond donors (Lipinski definition) is 2. The molecule has 2 atom stereocenters. The molecule has 0 aliphatic rings. The van der Waals surface area contributed by atoms with Crippen LogP contribution in [0.1, 0.15) is 20.3 Å². The van der Waals surface area contributed by atoms with Crippen LogP contribution in [-0.2, 0) is 19.4 Å². The summed E-state index contributed by atoms with van der Waals surface area (Å²) in [5.74, 6) is -0.606. The Balaban J connectivity index is 4.25. The lowest BCUT2D eigenvalue weighted by Crippen LogP contribution is -2.45. The Bertz CT molecular complexity index is 350. The zero-order valence-corrected chi connectivity index (χ0v) is 11.5. The smallest absolute Gasteiger partial charge is 0.238 e. The van der Waals surface area contributed by atoms with Gasteiger partial charge in [0, 0.05) is 32.9 Å². The number of methoxy groups -OCH3 is 1. The first-order chi connectivity index (χ1) is 7.60. The topological polar surface area (TPSA) is 92.7 Å². The summed E-state index contributed by atoms with van der Waals surface area (Å²) in [5, 5.41) is 11.1. The predicted molar refractivity (Wildman–Crippen MR) is 64.4 cm³/mol. The molecule has 0 radical (unpaired) electrons. The van der Waals surface area contributed by atoms with E-state index in [-0.39, 0.29) is 6.54 Å². The molecule has 0 aromatic heterocycles. The molecule has 102 valence electrons. The predicted octanol–water partition coefficient (Wildman–Crippen LogP) is -0.677. The van der Waals surface area contributed by atoms with Gasteiger partial charge in [0.1, 0.15) is 5.25 Å². The van der Waals surface area contributed by atoms with Crippen LogP contribution in [0.3, 0.4) is 0 Å². The number of amides is 1. The van der Waals surface area contributed by atoms with E-state index in [0.717, 1.165) is 6.26 Å². The molecule has 2 N–H and O–H groups in total. The fourth-order valence-corrected chi connectivity index (χ4v) is 1.50. The van der Waals surface area contributed by atoms with Gasteiger partial charge in [0.25, 0.3) is 0 Å². The molecule has 0 aromatic rings. The number of rotatable bonds is 7. The summed E-state index contributed by atoms with van der Waals surface area (Å²) in [6, 6.07) is 0. The molecule has 0 saturated heterocycles. The lowest BCUT2D eigenvalue weighted by molar-refractivity contribution is -0.121. The molecule has 7 heteroatoms. The Labute approximate surface area is 102 Å². The number of ether oxygens (including phenoxy) is 1. The summed E-state index contributed by atoms with van der Waals surface area (Å²) in [7, 11) is -1.89. The Morgan fingerprint density at radius 2 is 2.06 bits per heavy atom. The zero-order valence-electron chi connectivity index (χ0n) is 10.7. The van der Waals surface area contributed by atoms with Crippen molar-refractivity contribution in [3.63, 3.8) is 0 Å². The summed E-state index contributed by atoms with van der Waals surface area (Å²) >= 11 is 0. The largest absolute Gasteiger partial charge is 0.388 e. The van der Waals surface area contributed by atoms with Crippen LogP contribution in [-0.4, -0.2) is 56.8 Å². The minimum absolute atomic E-state index is 0.00491. The SMILES string of the molecule is COCCC(C)(O)CNC(=O)C(C)S(C)(=O)=O. The van der Waals surface area contributed by atoms with E-state index in [0.29, 0.717) is 13.0 Å². The standard InChI is InChI=1S/C10H21NO5S/c1-8(17(4,14)15)9(12)11-7-10(2,13)5-6-16-3/h8,13H,5-7H2,1-4H3,(H,11,12). The van der Waals surface area contributed by atoms with Crippen LogP contribution < -0.4 is 5.32 Å². The van der Waals surface area contributed by atoms with Crippen molar-refractivity contribution in [1.82, 2.24) is 5.32 Å². The third-order valence-corrected chi connectivity index (χ3v) is 4.00. The third kappa shape index (κ3) is 6.60. The first kappa shape index (κ1) is 16.3. The molecular weight excluding hydrogens is 246 g/mol. The van der Waals surface area contributed by atoms with E-state index in [9.17, 15) is 18.3 Å². The Morgan fingerprint density at radius 1 is 1.53 bits per heavy atom. The molecule has 0 aliphatic carbocycles. The molecule has 2 unspecified atom stereocenters. The third-order valence-electron chi connectivity index (χ3n) is 2.50. The Hall–Kier alpha value is -0.660. The van der Waals surface area contributed by atoms with E-state index in [2.05, 4.69) is 5.32 Å². The van der Waals surface area contributed by atoms with E-state index in [1.165, 1.54) is 14.0 Å². The molecule has 17 heavy (non-hydrogen) atoms. The van der Waals surface area contributed by atoms with Gasteiger partial charge in [-0.05, 0) is 13.8 Å². The molecule has 0 spiro atoms. The fourth-order valence-electron chi connectivity index (χ4n) is 1.03. The first-order valence-corrected chi connectivity index (χ1v) is 7.23. The number of hydrogen-bond acceptors (Lipinski definition) is 5. The highest BCUT2D eigenvalue weighted by Gasteiger charge is 2.26. The Kier molecular flexibility index (Phi) is 6.08. The average Bonchev–Trinajstić information content (AvgIpc) is 2.21. The summed E-state index contributed by atoms with van der Waals surface area (Å²) < 4.78 is 27.1. The summed E-state index contributed by atoms with van der Waals surface area (Å²) in [5.41, 5.74) is -1.11. The van der Waals surface area contributed by atoms with Gasteiger partial charge in [0.2, 0.25) is 5.91 Å². The summed E-state index contributed by atoms with van der Waals surface area (Å²) in [6.07, 6.45) is 1.36. The quantitative estimate of drug-likeness (QED) is 0.638. The molecule has 0 rings (SSSR count). The number of sulfone groups is 1. The highest BCUT2D eigenvalue weighted by Crippen LogP contribution is 2.08. The van der Waals surface area contributed by atoms with Crippen molar-refractivity contribution in [1.29, 1.82) is 0 Å². The molecule has 0 fully saturated rings. The minimum atomic E-state index is -3.41. The lowest BCUT2D eigenvalue weighted by Gasteiger charge is -2.24. The molecule has 0 saturated carbocycles. The van der Waals surface area contributed by atoms with Crippen LogP contribution in [0.25, 0.3) is 0 Å². The second-order valence-corrected chi connectivity index (χ2v) is 6.80. The highest BCUT2D eigenvalue weighted by atomic mass is 32.2. The summed E-state index contributed by atoms with van der Waals surface area (Å²) in [4.78, 5) is 11.5. The van der Waals surface area contributed by atoms with Gasteiger partial charge in [-0.3, -0.25) is 4.79 Å². The minimum Gasteiger partial charge on any atom is -0.388 e. The van der Waals surface area contributed by atoms with Gasteiger partial charge in [0.05, 0.1) is 5.60 Å². The maximum absolute atomic E-state index is 11.5. The molecule has 0 bridgehead atoms. The van der Waals surface area contributed by atoms with Gasteiger partial charge >= 0.3 is 0 Å². The van der Waals surface area contributed by atoms with Crippen LogP contribution in [0.5, 0.6) is 0 Å². The lowest BCUT2D eigenvalue weighted by atomic mass is 10.0. The van der Waals surface area contributed by atoms with Crippen molar-refractivity contribution in [2.75, 3.05) is 26.5 Å². The van der Waals surface area contributed by atoms with Crippen LogP contribution in [0.2, 0.25) is 0 Å². The van der Waals surface area contributed by atoms with Crippen molar-refractivity contribution < 1.29 is 23.1 Å². The van der Waals surface area contributed by atoms with E-state index in [1.807, 2.05) is 0 Å². The average molecular weight is 267 g/mol. The van der Waals surface area contributed by atoms with Crippen LogP contribution in [0, 0.1) is 0 Å². The molecule has 0 heterocycles. The molecule has 0 aromatic carbocycles. The van der Waals surface area contributed by atoms with E-state index in [1.54, 1.807) is 6.92 Å². The van der Waals surface area contributed by atoms with Gasteiger partial charge in [-0.1, -0.05) is 0 Å². The van der Waals surface area contributed by atoms with Gasteiger partial charge in [-0.15, -0.1) is 0 Å². The van der Waals surface area contributed by atoms with Crippen molar-refractivity contribution in [3.8, 4) is 0 Å². The van der Waals surface area contributed by atoms with Crippen LogP contribution in [0.4, 0.5) is 0 Å². The van der Waals surface area contributed by atoms with Crippen molar-refractivity contribution in [2.45, 2.75) is 31.1 Å². The van der Waals surface area contributed by atoms with Crippen LogP contribution in [0.15, 0.2) is 0 Å². The van der Waals surface area contributed by atoms with Crippen molar-refractivity contribution >= 4 is 15.7 Å². The molecular formula is C10H21NO5S. The van der Waals surface area contributed by atoms with E-state index in [4.69, 9.17) is 4.74 Å². The zero-order chi connectivity index (χ0) is 13.7. The van der Waals surface area contributed by atoms with Gasteiger partial charge in [-0.25, -0.2) is 8.42 Å². The fraction of sp³-hybridized carbons (Fsp3) is 0.900. The van der Waals surface area contributed by atoms with Crippen LogP contribution >= 0.6 is 0 Å². The van der Waals surface area contributed by atoms with Gasteiger partial charge in [-0.2, -0.15) is 0 Å². The van der Waals surface area contributed by atoms with Gasteiger partial charge in [0.15, 0.2) is 9.84 Å².